The maximum absolute atomic E-state index is 9.93. The van der Waals surface area contributed by atoms with Gasteiger partial charge in [0, 0.05) is 0 Å². The summed E-state index contributed by atoms with van der Waals surface area (Å²) in [6, 6.07) is 2.82. The van der Waals surface area contributed by atoms with Crippen LogP contribution < -0.4 is 0 Å². The van der Waals surface area contributed by atoms with Crippen LogP contribution in [-0.4, -0.2) is 0 Å². The first-order valence-corrected chi connectivity index (χ1v) is 10.6. The highest BCUT2D eigenvalue weighted by atomic mass is 14.5. The van der Waals surface area contributed by atoms with E-state index in [1.54, 1.807) is 0 Å². The standard InChI is InChI=1S/C22H39N/c1-3-5-6-7-9-20-10-12-21(13-11-20)22(18-23)16-14-19(8-4-2)15-17-22/h19-21H,3-17H2,1-2H3/t19-,20?,21?,22-. The van der Waals surface area contributed by atoms with Gasteiger partial charge < -0.3 is 0 Å². The molecule has 1 nitrogen and oxygen atoms in total. The van der Waals surface area contributed by atoms with E-state index in [9.17, 15) is 5.26 Å². The minimum atomic E-state index is 0.0530. The van der Waals surface area contributed by atoms with Gasteiger partial charge >= 0.3 is 0 Å². The molecule has 0 saturated heterocycles. The molecule has 0 aromatic carbocycles. The van der Waals surface area contributed by atoms with Crippen LogP contribution in [-0.2, 0) is 0 Å². The van der Waals surface area contributed by atoms with Crippen LogP contribution in [0.4, 0.5) is 0 Å². The third-order valence-corrected chi connectivity index (χ3v) is 7.01. The number of nitrogens with zero attached hydrogens (tertiary/aromatic N) is 1. The number of nitriles is 1. The minimum Gasteiger partial charge on any atom is -0.198 e. The molecule has 0 aromatic rings. The van der Waals surface area contributed by atoms with Crippen molar-refractivity contribution in [3.05, 3.63) is 0 Å². The largest absolute Gasteiger partial charge is 0.198 e. The van der Waals surface area contributed by atoms with Crippen LogP contribution in [0.25, 0.3) is 0 Å². The second-order valence-electron chi connectivity index (χ2n) is 8.57. The lowest BCUT2D eigenvalue weighted by Gasteiger charge is -2.43. The van der Waals surface area contributed by atoms with Crippen LogP contribution in [0.15, 0.2) is 0 Å². The third kappa shape index (κ3) is 5.23. The molecule has 2 aliphatic carbocycles. The normalized spacial score (nSPS) is 34.9. The first-order chi connectivity index (χ1) is 11.2. The van der Waals surface area contributed by atoms with Crippen molar-refractivity contribution in [3.63, 3.8) is 0 Å². The second kappa shape index (κ2) is 9.71. The second-order valence-corrected chi connectivity index (χ2v) is 8.57. The van der Waals surface area contributed by atoms with Gasteiger partial charge in [-0.1, -0.05) is 71.6 Å². The van der Waals surface area contributed by atoms with E-state index in [1.165, 1.54) is 96.3 Å². The first-order valence-electron chi connectivity index (χ1n) is 10.6. The molecule has 0 unspecified atom stereocenters. The highest BCUT2D eigenvalue weighted by molar-refractivity contribution is 5.06. The Morgan fingerprint density at radius 1 is 0.783 bits per heavy atom. The molecule has 0 heterocycles. The fourth-order valence-corrected chi connectivity index (χ4v) is 5.36. The van der Waals surface area contributed by atoms with Gasteiger partial charge in [0.15, 0.2) is 0 Å². The predicted octanol–water partition coefficient (Wildman–Crippen LogP) is 7.26. The number of hydrogen-bond donors (Lipinski definition) is 0. The Balaban J connectivity index is 1.76. The predicted molar refractivity (Wildman–Crippen MR) is 99.1 cm³/mol. The van der Waals surface area contributed by atoms with E-state index in [1.807, 2.05) is 0 Å². The summed E-state index contributed by atoms with van der Waals surface area (Å²) in [6.45, 7) is 4.59. The van der Waals surface area contributed by atoms with Crippen LogP contribution in [0.1, 0.15) is 110 Å². The SMILES string of the molecule is CCCCCCC1CCC([C@]2(C#N)CC[C@@H](CCC)CC2)CC1. The third-order valence-electron chi connectivity index (χ3n) is 7.01. The average molecular weight is 318 g/mol. The fraction of sp³-hybridized carbons (Fsp3) is 0.955. The monoisotopic (exact) mass is 317 g/mol. The maximum Gasteiger partial charge on any atom is 0.0692 e. The van der Waals surface area contributed by atoms with Crippen molar-refractivity contribution in [2.24, 2.45) is 23.2 Å². The highest BCUT2D eigenvalue weighted by Gasteiger charge is 2.43. The van der Waals surface area contributed by atoms with Gasteiger partial charge in [-0.2, -0.15) is 5.26 Å². The number of rotatable bonds is 8. The molecule has 23 heavy (non-hydrogen) atoms. The van der Waals surface area contributed by atoms with E-state index in [0.29, 0.717) is 5.92 Å². The van der Waals surface area contributed by atoms with Gasteiger partial charge in [0.05, 0.1) is 11.5 Å². The zero-order valence-corrected chi connectivity index (χ0v) is 15.8. The Morgan fingerprint density at radius 2 is 1.43 bits per heavy atom. The molecule has 132 valence electrons. The van der Waals surface area contributed by atoms with Gasteiger partial charge in [0.1, 0.15) is 0 Å². The Labute approximate surface area is 145 Å². The van der Waals surface area contributed by atoms with Gasteiger partial charge in [-0.3, -0.25) is 0 Å². The van der Waals surface area contributed by atoms with E-state index < -0.39 is 0 Å². The summed E-state index contributed by atoms with van der Waals surface area (Å²) in [5.41, 5.74) is 0.0530. The molecule has 0 aliphatic heterocycles. The van der Waals surface area contributed by atoms with Crippen LogP contribution in [0.2, 0.25) is 0 Å². The summed E-state index contributed by atoms with van der Waals surface area (Å²) in [5, 5.41) is 9.93. The number of hydrogen-bond acceptors (Lipinski definition) is 1. The molecule has 0 aromatic heterocycles. The quantitative estimate of drug-likeness (QED) is 0.432. The summed E-state index contributed by atoms with van der Waals surface area (Å²) >= 11 is 0. The molecular formula is C22H39N. The Morgan fingerprint density at radius 3 is 2.00 bits per heavy atom. The van der Waals surface area contributed by atoms with Crippen molar-refractivity contribution in [1.82, 2.24) is 0 Å². The van der Waals surface area contributed by atoms with Gasteiger partial charge in [0.2, 0.25) is 0 Å². The van der Waals surface area contributed by atoms with Crippen molar-refractivity contribution in [3.8, 4) is 6.07 Å². The summed E-state index contributed by atoms with van der Waals surface area (Å²) in [4.78, 5) is 0. The van der Waals surface area contributed by atoms with Crippen LogP contribution in [0, 0.1) is 34.5 Å². The van der Waals surface area contributed by atoms with E-state index >= 15 is 0 Å². The molecule has 2 rings (SSSR count). The lowest BCUT2D eigenvalue weighted by molar-refractivity contribution is 0.0846. The Kier molecular flexibility index (Phi) is 7.94. The molecule has 2 aliphatic rings. The Bertz CT molecular complexity index is 351. The molecule has 0 radical (unpaired) electrons. The smallest absolute Gasteiger partial charge is 0.0692 e. The van der Waals surface area contributed by atoms with Crippen molar-refractivity contribution in [1.29, 1.82) is 5.26 Å². The summed E-state index contributed by atoms with van der Waals surface area (Å²) in [6.07, 6.45) is 20.3. The van der Waals surface area contributed by atoms with Gasteiger partial charge in [0.25, 0.3) is 0 Å². The first kappa shape index (κ1) is 18.8. The number of unbranched alkanes of at least 4 members (excludes halogenated alkanes) is 3. The molecule has 1 heteroatoms. The molecule has 0 bridgehead atoms. The van der Waals surface area contributed by atoms with Gasteiger partial charge in [-0.05, 0) is 56.3 Å². The lowest BCUT2D eigenvalue weighted by atomic mass is 9.59. The molecule has 2 fully saturated rings. The van der Waals surface area contributed by atoms with Crippen molar-refractivity contribution in [2.75, 3.05) is 0 Å². The summed E-state index contributed by atoms with van der Waals surface area (Å²) in [5.74, 6) is 2.59. The highest BCUT2D eigenvalue weighted by Crippen LogP contribution is 2.50. The lowest BCUT2D eigenvalue weighted by Crippen LogP contribution is -2.36. The van der Waals surface area contributed by atoms with Crippen LogP contribution in [0.5, 0.6) is 0 Å². The fourth-order valence-electron chi connectivity index (χ4n) is 5.36. The van der Waals surface area contributed by atoms with Crippen LogP contribution in [0.3, 0.4) is 0 Å². The molecule has 0 spiro atoms. The molecule has 0 atom stereocenters. The molecule has 2 saturated carbocycles. The van der Waals surface area contributed by atoms with E-state index in [4.69, 9.17) is 0 Å². The van der Waals surface area contributed by atoms with Crippen molar-refractivity contribution in [2.45, 2.75) is 110 Å². The topological polar surface area (TPSA) is 23.8 Å². The van der Waals surface area contributed by atoms with Crippen LogP contribution >= 0.6 is 0 Å². The van der Waals surface area contributed by atoms with E-state index in [-0.39, 0.29) is 5.41 Å². The Hall–Kier alpha value is -0.510. The zero-order valence-electron chi connectivity index (χ0n) is 15.8. The summed E-state index contributed by atoms with van der Waals surface area (Å²) < 4.78 is 0. The molecule has 0 amide bonds. The molecule has 0 N–H and O–H groups in total. The molecular weight excluding hydrogens is 278 g/mol. The maximum atomic E-state index is 9.93. The zero-order chi connectivity index (χ0) is 16.5. The van der Waals surface area contributed by atoms with E-state index in [0.717, 1.165) is 11.8 Å². The minimum absolute atomic E-state index is 0.0530. The average Bonchev–Trinajstić information content (AvgIpc) is 2.60. The van der Waals surface area contributed by atoms with Gasteiger partial charge in [-0.15, -0.1) is 0 Å². The van der Waals surface area contributed by atoms with E-state index in [2.05, 4.69) is 19.9 Å². The summed E-state index contributed by atoms with van der Waals surface area (Å²) in [7, 11) is 0. The van der Waals surface area contributed by atoms with Gasteiger partial charge in [-0.25, -0.2) is 0 Å². The van der Waals surface area contributed by atoms with Crippen molar-refractivity contribution >= 4 is 0 Å². The van der Waals surface area contributed by atoms with Crippen molar-refractivity contribution < 1.29 is 0 Å².